The monoisotopic (exact) mass is 356 g/mol. The molecule has 0 atom stereocenters. The summed E-state index contributed by atoms with van der Waals surface area (Å²) in [6.07, 6.45) is 2.83. The van der Waals surface area contributed by atoms with Gasteiger partial charge in [0.15, 0.2) is 6.61 Å². The maximum absolute atomic E-state index is 12.2. The first-order chi connectivity index (χ1) is 12.1. The standard InChI is InChI=1S/C19H20N2O3S/c1-3-6-16-14(4-2)10-17(25-16)19(23)24-12-18(22)21-15-8-5-7-13(9-15)11-20/h5,7-10H,3-4,6,12H2,1-2H3,(H,21,22). The molecule has 0 saturated heterocycles. The molecule has 25 heavy (non-hydrogen) atoms. The van der Waals surface area contributed by atoms with E-state index in [0.717, 1.165) is 24.8 Å². The minimum absolute atomic E-state index is 0.363. The molecule has 1 aromatic heterocycles. The molecule has 2 aromatic rings. The van der Waals surface area contributed by atoms with Crippen LogP contribution in [0.25, 0.3) is 0 Å². The number of nitrogens with one attached hydrogen (secondary N) is 1. The van der Waals surface area contributed by atoms with E-state index in [-0.39, 0.29) is 6.61 Å². The van der Waals surface area contributed by atoms with Gasteiger partial charge in [-0.15, -0.1) is 11.3 Å². The second-order valence-corrected chi connectivity index (χ2v) is 6.62. The highest BCUT2D eigenvalue weighted by Crippen LogP contribution is 2.25. The lowest BCUT2D eigenvalue weighted by Gasteiger charge is -2.06. The molecule has 1 aromatic carbocycles. The molecule has 1 N–H and O–H groups in total. The van der Waals surface area contributed by atoms with E-state index in [1.807, 2.05) is 12.1 Å². The zero-order valence-corrected chi connectivity index (χ0v) is 15.1. The van der Waals surface area contributed by atoms with Crippen molar-refractivity contribution in [3.8, 4) is 6.07 Å². The second-order valence-electron chi connectivity index (χ2n) is 5.48. The number of hydrogen-bond donors (Lipinski definition) is 1. The molecule has 0 saturated carbocycles. The Hall–Kier alpha value is -2.65. The molecule has 0 aliphatic carbocycles. The number of thiophene rings is 1. The van der Waals surface area contributed by atoms with Crippen LogP contribution >= 0.6 is 11.3 Å². The summed E-state index contributed by atoms with van der Waals surface area (Å²) in [6.45, 7) is 3.79. The second kappa shape index (κ2) is 9.00. The van der Waals surface area contributed by atoms with E-state index in [1.165, 1.54) is 16.2 Å². The first-order valence-electron chi connectivity index (χ1n) is 8.16. The molecule has 0 spiro atoms. The SMILES string of the molecule is CCCc1sc(C(=O)OCC(=O)Nc2cccc(C#N)c2)cc1CC. The first kappa shape index (κ1) is 18.7. The van der Waals surface area contributed by atoms with Gasteiger partial charge in [0.25, 0.3) is 5.91 Å². The molecule has 0 aliphatic heterocycles. The Morgan fingerprint density at radius 2 is 2.08 bits per heavy atom. The van der Waals surface area contributed by atoms with E-state index in [4.69, 9.17) is 10.00 Å². The summed E-state index contributed by atoms with van der Waals surface area (Å²) < 4.78 is 5.10. The van der Waals surface area contributed by atoms with Crippen LogP contribution in [-0.4, -0.2) is 18.5 Å². The van der Waals surface area contributed by atoms with E-state index in [1.54, 1.807) is 24.3 Å². The minimum atomic E-state index is -0.483. The van der Waals surface area contributed by atoms with Gasteiger partial charge in [0.05, 0.1) is 11.6 Å². The Morgan fingerprint density at radius 1 is 1.28 bits per heavy atom. The zero-order valence-electron chi connectivity index (χ0n) is 14.3. The summed E-state index contributed by atoms with van der Waals surface area (Å²) >= 11 is 1.44. The van der Waals surface area contributed by atoms with Gasteiger partial charge < -0.3 is 10.1 Å². The van der Waals surface area contributed by atoms with Crippen molar-refractivity contribution in [1.82, 2.24) is 0 Å². The maximum Gasteiger partial charge on any atom is 0.348 e. The number of rotatable bonds is 7. The summed E-state index contributed by atoms with van der Waals surface area (Å²) in [4.78, 5) is 25.8. The van der Waals surface area contributed by atoms with Crippen molar-refractivity contribution in [3.63, 3.8) is 0 Å². The van der Waals surface area contributed by atoms with Gasteiger partial charge in [-0.1, -0.05) is 26.3 Å². The Morgan fingerprint density at radius 3 is 2.76 bits per heavy atom. The molecule has 1 heterocycles. The number of aryl methyl sites for hydroxylation is 2. The summed E-state index contributed by atoms with van der Waals surface area (Å²) in [7, 11) is 0. The van der Waals surface area contributed by atoms with Crippen molar-refractivity contribution in [2.75, 3.05) is 11.9 Å². The third-order valence-corrected chi connectivity index (χ3v) is 4.78. The van der Waals surface area contributed by atoms with Crippen LogP contribution in [0.3, 0.4) is 0 Å². The lowest BCUT2D eigenvalue weighted by Crippen LogP contribution is -2.20. The average molecular weight is 356 g/mol. The van der Waals surface area contributed by atoms with Crippen molar-refractivity contribution in [2.45, 2.75) is 33.1 Å². The molecule has 0 radical (unpaired) electrons. The van der Waals surface area contributed by atoms with E-state index >= 15 is 0 Å². The predicted octanol–water partition coefficient (Wildman–Crippen LogP) is 3.93. The number of carbonyl (C=O) groups is 2. The third kappa shape index (κ3) is 5.16. The molecule has 5 nitrogen and oxygen atoms in total. The number of benzene rings is 1. The van der Waals surface area contributed by atoms with Crippen molar-refractivity contribution in [1.29, 1.82) is 5.26 Å². The fraction of sp³-hybridized carbons (Fsp3) is 0.316. The normalized spacial score (nSPS) is 10.1. The van der Waals surface area contributed by atoms with Crippen molar-refractivity contribution >= 4 is 28.9 Å². The quantitative estimate of drug-likeness (QED) is 0.762. The molecule has 0 aliphatic rings. The summed E-state index contributed by atoms with van der Waals surface area (Å²) in [5.41, 5.74) is 2.11. The number of ether oxygens (including phenoxy) is 1. The smallest absolute Gasteiger partial charge is 0.348 e. The third-order valence-electron chi connectivity index (χ3n) is 3.57. The van der Waals surface area contributed by atoms with Crippen LogP contribution < -0.4 is 5.32 Å². The van der Waals surface area contributed by atoms with Gasteiger partial charge in [-0.25, -0.2) is 4.79 Å². The minimum Gasteiger partial charge on any atom is -0.451 e. The van der Waals surface area contributed by atoms with E-state index in [2.05, 4.69) is 19.2 Å². The predicted molar refractivity (Wildman–Crippen MR) is 97.8 cm³/mol. The van der Waals surface area contributed by atoms with E-state index in [9.17, 15) is 9.59 Å². The van der Waals surface area contributed by atoms with Gasteiger partial charge in [0.1, 0.15) is 4.88 Å². The lowest BCUT2D eigenvalue weighted by atomic mass is 10.1. The van der Waals surface area contributed by atoms with Crippen LogP contribution in [0.1, 0.15) is 45.9 Å². The summed E-state index contributed by atoms with van der Waals surface area (Å²) in [5, 5.41) is 11.5. The van der Waals surface area contributed by atoms with Crippen molar-refractivity contribution in [3.05, 3.63) is 51.2 Å². The van der Waals surface area contributed by atoms with Gasteiger partial charge in [0, 0.05) is 10.6 Å². The molecule has 6 heteroatoms. The van der Waals surface area contributed by atoms with Gasteiger partial charge in [-0.3, -0.25) is 4.79 Å². The Balaban J connectivity index is 1.93. The number of nitrogens with zero attached hydrogens (tertiary/aromatic N) is 1. The van der Waals surface area contributed by atoms with Gasteiger partial charge >= 0.3 is 5.97 Å². The first-order valence-corrected chi connectivity index (χ1v) is 8.97. The number of anilines is 1. The number of nitriles is 1. The van der Waals surface area contributed by atoms with Crippen molar-refractivity contribution in [2.24, 2.45) is 0 Å². The van der Waals surface area contributed by atoms with E-state index in [0.29, 0.717) is 16.1 Å². The summed E-state index contributed by atoms with van der Waals surface area (Å²) in [6, 6.07) is 10.4. The maximum atomic E-state index is 12.2. The highest BCUT2D eigenvalue weighted by atomic mass is 32.1. The molecule has 130 valence electrons. The van der Waals surface area contributed by atoms with Crippen LogP contribution in [0.2, 0.25) is 0 Å². The molecule has 1 amide bonds. The van der Waals surface area contributed by atoms with Crippen LogP contribution in [0, 0.1) is 11.3 Å². The van der Waals surface area contributed by atoms with Crippen molar-refractivity contribution < 1.29 is 14.3 Å². The summed E-state index contributed by atoms with van der Waals surface area (Å²) in [5.74, 6) is -0.924. The topological polar surface area (TPSA) is 79.2 Å². The van der Waals surface area contributed by atoms with Crippen LogP contribution in [0.4, 0.5) is 5.69 Å². The van der Waals surface area contributed by atoms with Gasteiger partial charge in [0.2, 0.25) is 0 Å². The zero-order chi connectivity index (χ0) is 18.2. The Bertz CT molecular complexity index is 805. The Kier molecular flexibility index (Phi) is 6.72. The largest absolute Gasteiger partial charge is 0.451 e. The number of carbonyl (C=O) groups excluding carboxylic acids is 2. The molecular weight excluding hydrogens is 336 g/mol. The number of hydrogen-bond acceptors (Lipinski definition) is 5. The molecular formula is C19H20N2O3S. The molecule has 0 fully saturated rings. The number of amides is 1. The van der Waals surface area contributed by atoms with E-state index < -0.39 is 11.9 Å². The Labute approximate surface area is 151 Å². The van der Waals surface area contributed by atoms with Crippen LogP contribution in [-0.2, 0) is 22.4 Å². The fourth-order valence-electron chi connectivity index (χ4n) is 2.37. The van der Waals surface area contributed by atoms with Gasteiger partial charge in [-0.05, 0) is 42.7 Å². The number of esters is 1. The van der Waals surface area contributed by atoms with Crippen LogP contribution in [0.15, 0.2) is 30.3 Å². The molecule has 2 rings (SSSR count). The van der Waals surface area contributed by atoms with Crippen LogP contribution in [0.5, 0.6) is 0 Å². The van der Waals surface area contributed by atoms with Gasteiger partial charge in [-0.2, -0.15) is 5.26 Å². The fourth-order valence-corrected chi connectivity index (χ4v) is 3.62. The molecule has 0 unspecified atom stereocenters. The highest BCUT2D eigenvalue weighted by Gasteiger charge is 2.16. The molecule has 0 bridgehead atoms. The lowest BCUT2D eigenvalue weighted by molar-refractivity contribution is -0.119. The average Bonchev–Trinajstić information content (AvgIpc) is 3.03. The highest BCUT2D eigenvalue weighted by molar-refractivity contribution is 7.14.